The molecule has 4 heteroatoms. The largest absolute Gasteiger partial charge is 0.389 e. The third kappa shape index (κ3) is 4.06. The van der Waals surface area contributed by atoms with E-state index < -0.39 is 6.10 Å². The van der Waals surface area contributed by atoms with Crippen molar-refractivity contribution >= 4 is 29.0 Å². The van der Waals surface area contributed by atoms with Crippen molar-refractivity contribution in [2.75, 3.05) is 11.9 Å². The summed E-state index contributed by atoms with van der Waals surface area (Å²) in [5.74, 6) is 0. The lowest BCUT2D eigenvalue weighted by molar-refractivity contribution is 0.167. The van der Waals surface area contributed by atoms with Crippen molar-refractivity contribution in [3.8, 4) is 0 Å². The number of halogens is 1. The van der Waals surface area contributed by atoms with Crippen molar-refractivity contribution < 1.29 is 5.11 Å². The molecule has 0 spiro atoms. The van der Waals surface area contributed by atoms with Crippen molar-refractivity contribution in [3.63, 3.8) is 0 Å². The van der Waals surface area contributed by atoms with Gasteiger partial charge in [-0.05, 0) is 87.4 Å². The van der Waals surface area contributed by atoms with Crippen LogP contribution in [-0.4, -0.2) is 22.3 Å². The van der Waals surface area contributed by atoms with Gasteiger partial charge < -0.3 is 15.0 Å². The van der Waals surface area contributed by atoms with Crippen molar-refractivity contribution in [1.29, 1.82) is 0 Å². The number of aromatic nitrogens is 1. The Morgan fingerprint density at radius 1 is 1.00 bits per heavy atom. The summed E-state index contributed by atoms with van der Waals surface area (Å²) >= 11 is 0. The number of benzene rings is 2. The van der Waals surface area contributed by atoms with Crippen molar-refractivity contribution in [1.82, 2.24) is 4.57 Å². The first-order chi connectivity index (χ1) is 13.0. The zero-order chi connectivity index (χ0) is 19.0. The Kier molecular flexibility index (Phi) is 6.36. The van der Waals surface area contributed by atoms with Gasteiger partial charge in [-0.25, -0.2) is 0 Å². The Morgan fingerprint density at radius 3 is 2.57 bits per heavy atom. The van der Waals surface area contributed by atoms with Gasteiger partial charge in [0.2, 0.25) is 0 Å². The maximum atomic E-state index is 10.7. The van der Waals surface area contributed by atoms with Crippen LogP contribution in [0.4, 0.5) is 5.69 Å². The van der Waals surface area contributed by atoms with E-state index in [0.717, 1.165) is 12.1 Å². The Bertz CT molecular complexity index is 976. The molecule has 0 aliphatic heterocycles. The van der Waals surface area contributed by atoms with Gasteiger partial charge in [0.15, 0.2) is 0 Å². The lowest BCUT2D eigenvalue weighted by Gasteiger charge is -2.19. The van der Waals surface area contributed by atoms with Gasteiger partial charge in [-0.3, -0.25) is 0 Å². The summed E-state index contributed by atoms with van der Waals surface area (Å²) in [6.07, 6.45) is 4.39. The van der Waals surface area contributed by atoms with Gasteiger partial charge in [0.25, 0.3) is 0 Å². The van der Waals surface area contributed by atoms with E-state index in [1.807, 2.05) is 0 Å². The molecule has 4 rings (SSSR count). The summed E-state index contributed by atoms with van der Waals surface area (Å²) in [5, 5.41) is 15.5. The van der Waals surface area contributed by atoms with Gasteiger partial charge in [0, 0.05) is 28.8 Å². The van der Waals surface area contributed by atoms with Crippen molar-refractivity contribution in [2.24, 2.45) is 0 Å². The van der Waals surface area contributed by atoms with Crippen LogP contribution in [0.5, 0.6) is 0 Å². The molecule has 1 aliphatic rings. The highest BCUT2D eigenvalue weighted by Gasteiger charge is 2.21. The number of aliphatic hydroxyl groups excluding tert-OH is 1. The number of hydrogen-bond acceptors (Lipinski definition) is 2. The summed E-state index contributed by atoms with van der Waals surface area (Å²) in [7, 11) is 0. The smallest absolute Gasteiger partial charge is 0.0891 e. The fraction of sp³-hybridized carbons (Fsp3) is 0.417. The number of rotatable bonds is 5. The average molecular weight is 399 g/mol. The van der Waals surface area contributed by atoms with Crippen LogP contribution >= 0.6 is 12.4 Å². The number of nitrogens with zero attached hydrogens (tertiary/aromatic N) is 1. The second-order valence-electron chi connectivity index (χ2n) is 8.10. The number of aryl methyl sites for hydroxylation is 4. The van der Waals surface area contributed by atoms with Crippen LogP contribution in [0.1, 0.15) is 40.8 Å². The van der Waals surface area contributed by atoms with Crippen molar-refractivity contribution in [2.45, 2.75) is 59.1 Å². The summed E-state index contributed by atoms with van der Waals surface area (Å²) in [4.78, 5) is 0. The molecule has 0 radical (unpaired) electrons. The molecule has 1 unspecified atom stereocenters. The van der Waals surface area contributed by atoms with Gasteiger partial charge >= 0.3 is 0 Å². The van der Waals surface area contributed by atoms with Crippen molar-refractivity contribution in [3.05, 3.63) is 64.3 Å². The van der Waals surface area contributed by atoms with Gasteiger partial charge in [-0.1, -0.05) is 17.7 Å². The third-order valence-corrected chi connectivity index (χ3v) is 5.97. The Labute approximate surface area is 174 Å². The predicted molar refractivity (Wildman–Crippen MR) is 121 cm³/mol. The maximum absolute atomic E-state index is 10.7. The van der Waals surface area contributed by atoms with Gasteiger partial charge in [-0.2, -0.15) is 0 Å². The molecule has 3 nitrogen and oxygen atoms in total. The molecular weight excluding hydrogens is 368 g/mol. The minimum absolute atomic E-state index is 0. The standard InChI is InChI=1S/C24H30N2O.ClH/c1-16-8-11-24-22(12-16)21-6-4-5-7-23(21)26(24)15-20(27)14-25-19-10-9-17(2)18(3)13-19;/h8-13,20,25,27H,4-7,14-15H2,1-3H3;1H. The topological polar surface area (TPSA) is 37.2 Å². The third-order valence-electron chi connectivity index (χ3n) is 5.97. The monoisotopic (exact) mass is 398 g/mol. The highest BCUT2D eigenvalue weighted by molar-refractivity contribution is 5.86. The first kappa shape index (κ1) is 20.8. The molecule has 1 atom stereocenters. The fourth-order valence-electron chi connectivity index (χ4n) is 4.32. The molecule has 0 fully saturated rings. The van der Waals surface area contributed by atoms with Crippen LogP contribution in [0, 0.1) is 20.8 Å². The first-order valence-electron chi connectivity index (χ1n) is 10.1. The van der Waals surface area contributed by atoms with Crippen LogP contribution in [0.25, 0.3) is 10.9 Å². The van der Waals surface area contributed by atoms with E-state index in [1.165, 1.54) is 58.1 Å². The summed E-state index contributed by atoms with van der Waals surface area (Å²) in [6, 6.07) is 13.1. The highest BCUT2D eigenvalue weighted by atomic mass is 35.5. The maximum Gasteiger partial charge on any atom is 0.0891 e. The Balaban J connectivity index is 0.00000225. The van der Waals surface area contributed by atoms with Gasteiger partial charge in [0.1, 0.15) is 0 Å². The molecule has 1 aliphatic carbocycles. The molecule has 0 amide bonds. The van der Waals surface area contributed by atoms with Crippen LogP contribution in [0.15, 0.2) is 36.4 Å². The van der Waals surface area contributed by atoms with E-state index in [1.54, 1.807) is 0 Å². The summed E-state index contributed by atoms with van der Waals surface area (Å²) < 4.78 is 2.37. The van der Waals surface area contributed by atoms with Gasteiger partial charge in [0.05, 0.1) is 12.6 Å². The number of hydrogen-bond donors (Lipinski definition) is 2. The van der Waals surface area contributed by atoms with E-state index in [0.29, 0.717) is 13.1 Å². The molecule has 2 aromatic carbocycles. The van der Waals surface area contributed by atoms with E-state index >= 15 is 0 Å². The Hall–Kier alpha value is -1.97. The number of anilines is 1. The van der Waals surface area contributed by atoms with E-state index in [4.69, 9.17) is 0 Å². The zero-order valence-electron chi connectivity index (χ0n) is 17.1. The average Bonchev–Trinajstić information content (AvgIpc) is 2.96. The molecule has 1 heterocycles. The van der Waals surface area contributed by atoms with E-state index in [9.17, 15) is 5.11 Å². The van der Waals surface area contributed by atoms with E-state index in [-0.39, 0.29) is 12.4 Å². The van der Waals surface area contributed by atoms with Crippen LogP contribution in [-0.2, 0) is 19.4 Å². The van der Waals surface area contributed by atoms with Crippen LogP contribution in [0.2, 0.25) is 0 Å². The predicted octanol–water partition coefficient (Wildman–Crippen LogP) is 5.34. The number of aliphatic hydroxyl groups is 1. The lowest BCUT2D eigenvalue weighted by Crippen LogP contribution is -2.26. The summed E-state index contributed by atoms with van der Waals surface area (Å²) in [6.45, 7) is 7.61. The molecule has 1 aromatic heterocycles. The minimum Gasteiger partial charge on any atom is -0.389 e. The molecule has 2 N–H and O–H groups in total. The molecule has 28 heavy (non-hydrogen) atoms. The van der Waals surface area contributed by atoms with Crippen LogP contribution < -0.4 is 5.32 Å². The second kappa shape index (κ2) is 8.59. The normalized spacial score (nSPS) is 14.4. The number of nitrogens with one attached hydrogen (secondary N) is 1. The fourth-order valence-corrected chi connectivity index (χ4v) is 4.32. The molecule has 0 saturated carbocycles. The molecule has 150 valence electrons. The zero-order valence-corrected chi connectivity index (χ0v) is 17.9. The quantitative estimate of drug-likeness (QED) is 0.608. The molecule has 0 bridgehead atoms. The van der Waals surface area contributed by atoms with E-state index in [2.05, 4.69) is 67.1 Å². The molecule has 3 aromatic rings. The molecule has 0 saturated heterocycles. The van der Waals surface area contributed by atoms with Gasteiger partial charge in [-0.15, -0.1) is 12.4 Å². The first-order valence-corrected chi connectivity index (χ1v) is 10.1. The van der Waals surface area contributed by atoms with Crippen LogP contribution in [0.3, 0.4) is 0 Å². The molecular formula is C24H31ClN2O. The highest BCUT2D eigenvalue weighted by Crippen LogP contribution is 2.33. The number of fused-ring (bicyclic) bond motifs is 3. The SMILES string of the molecule is Cc1ccc2c(c1)c1c(n2CC(O)CNc2ccc(C)c(C)c2)CCCC1.Cl. The lowest BCUT2D eigenvalue weighted by atomic mass is 9.95. The minimum atomic E-state index is -0.422. The second-order valence-corrected chi connectivity index (χ2v) is 8.10. The summed E-state index contributed by atoms with van der Waals surface area (Å²) in [5.41, 5.74) is 9.17. The Morgan fingerprint density at radius 2 is 1.79 bits per heavy atom.